The Morgan fingerprint density at radius 2 is 1.93 bits per heavy atom. The number of thioether (sulfide) groups is 1. The molecule has 0 fully saturated rings. The lowest BCUT2D eigenvalue weighted by Gasteiger charge is -2.10. The van der Waals surface area contributed by atoms with Crippen molar-refractivity contribution < 1.29 is 4.79 Å². The van der Waals surface area contributed by atoms with Crippen molar-refractivity contribution in [1.29, 1.82) is 0 Å². The highest BCUT2D eigenvalue weighted by atomic mass is 32.2. The molecule has 0 saturated carbocycles. The zero-order chi connectivity index (χ0) is 18.8. The summed E-state index contributed by atoms with van der Waals surface area (Å²) in [7, 11) is 0. The molecule has 0 aliphatic heterocycles. The fraction of sp³-hybridized carbons (Fsp3) is 0.105. The maximum Gasteiger partial charge on any atom is 0.323 e. The fourth-order valence-corrected chi connectivity index (χ4v) is 4.58. The van der Waals surface area contributed by atoms with E-state index in [1.54, 1.807) is 18.2 Å². The van der Waals surface area contributed by atoms with Gasteiger partial charge in [-0.3, -0.25) is 4.79 Å². The van der Waals surface area contributed by atoms with Gasteiger partial charge in [0, 0.05) is 16.6 Å². The molecule has 4 aromatic rings. The van der Waals surface area contributed by atoms with Crippen molar-refractivity contribution in [2.75, 3.05) is 5.32 Å². The topological polar surface area (TPSA) is 90.6 Å². The number of hydrogen-bond acceptors (Lipinski definition) is 5. The van der Waals surface area contributed by atoms with Gasteiger partial charge in [-0.1, -0.05) is 42.1 Å². The summed E-state index contributed by atoms with van der Waals surface area (Å²) in [5.41, 5.74) is 3.71. The van der Waals surface area contributed by atoms with Gasteiger partial charge >= 0.3 is 5.69 Å². The minimum atomic E-state index is -0.305. The normalized spacial score (nSPS) is 12.2. The number of amides is 1. The minimum Gasteiger partial charge on any atom is -0.325 e. The predicted octanol–water partition coefficient (Wildman–Crippen LogP) is 4.10. The van der Waals surface area contributed by atoms with Gasteiger partial charge in [0.15, 0.2) is 4.34 Å². The molecule has 2 heterocycles. The number of anilines is 1. The Morgan fingerprint density at radius 3 is 2.74 bits per heavy atom. The Morgan fingerprint density at radius 1 is 1.15 bits per heavy atom. The van der Waals surface area contributed by atoms with E-state index in [2.05, 4.69) is 20.3 Å². The summed E-state index contributed by atoms with van der Waals surface area (Å²) < 4.78 is 0.849. The van der Waals surface area contributed by atoms with Crippen molar-refractivity contribution in [3.8, 4) is 11.3 Å². The Balaban J connectivity index is 1.43. The summed E-state index contributed by atoms with van der Waals surface area (Å²) in [4.78, 5) is 33.8. The van der Waals surface area contributed by atoms with Gasteiger partial charge in [0.25, 0.3) is 0 Å². The van der Waals surface area contributed by atoms with Gasteiger partial charge < -0.3 is 15.3 Å². The zero-order valence-electron chi connectivity index (χ0n) is 14.4. The van der Waals surface area contributed by atoms with Crippen LogP contribution < -0.4 is 11.0 Å². The molecule has 1 amide bonds. The lowest BCUT2D eigenvalue weighted by atomic mass is 10.2. The third kappa shape index (κ3) is 3.96. The van der Waals surface area contributed by atoms with E-state index in [0.717, 1.165) is 15.6 Å². The number of carbonyl (C=O) groups is 1. The number of H-pyrrole nitrogens is 2. The third-order valence-corrected chi connectivity index (χ3v) is 6.05. The van der Waals surface area contributed by atoms with Gasteiger partial charge in [-0.15, -0.1) is 11.3 Å². The molecule has 0 saturated heterocycles. The summed E-state index contributed by atoms with van der Waals surface area (Å²) in [5.74, 6) is -0.117. The SMILES string of the molecule is C[C@@H](Sc1nc(-c2ccccc2)cs1)C(=O)Nc1ccc2[nH]c(=O)[nH]c2c1. The first kappa shape index (κ1) is 17.6. The van der Waals surface area contributed by atoms with Crippen molar-refractivity contribution in [1.82, 2.24) is 15.0 Å². The molecule has 3 N–H and O–H groups in total. The van der Waals surface area contributed by atoms with Crippen molar-refractivity contribution >= 4 is 45.7 Å². The van der Waals surface area contributed by atoms with E-state index >= 15 is 0 Å². The first-order valence-electron chi connectivity index (χ1n) is 8.29. The van der Waals surface area contributed by atoms with E-state index in [1.807, 2.05) is 42.6 Å². The summed E-state index contributed by atoms with van der Waals surface area (Å²) in [6.45, 7) is 1.85. The van der Waals surface area contributed by atoms with Gasteiger partial charge in [-0.25, -0.2) is 9.78 Å². The van der Waals surface area contributed by atoms with E-state index < -0.39 is 0 Å². The maximum atomic E-state index is 12.5. The van der Waals surface area contributed by atoms with Crippen LogP contribution in [-0.2, 0) is 4.79 Å². The highest BCUT2D eigenvalue weighted by Crippen LogP contribution is 2.31. The third-order valence-electron chi connectivity index (χ3n) is 3.98. The molecule has 27 heavy (non-hydrogen) atoms. The zero-order valence-corrected chi connectivity index (χ0v) is 16.0. The molecule has 0 aliphatic rings. The summed E-state index contributed by atoms with van der Waals surface area (Å²) in [5, 5.41) is 4.58. The van der Waals surface area contributed by atoms with Gasteiger partial charge in [-0.2, -0.15) is 0 Å². The highest BCUT2D eigenvalue weighted by Gasteiger charge is 2.17. The van der Waals surface area contributed by atoms with Crippen LogP contribution in [0.4, 0.5) is 5.69 Å². The number of thiazole rings is 1. The molecule has 0 bridgehead atoms. The Labute approximate surface area is 163 Å². The molecule has 6 nitrogen and oxygen atoms in total. The van der Waals surface area contributed by atoms with Crippen LogP contribution in [0.3, 0.4) is 0 Å². The molecule has 4 rings (SSSR count). The number of carbonyl (C=O) groups excluding carboxylic acids is 1. The molecule has 0 spiro atoms. The van der Waals surface area contributed by atoms with Gasteiger partial charge in [0.05, 0.1) is 22.0 Å². The minimum absolute atomic E-state index is 0.117. The lowest BCUT2D eigenvalue weighted by Crippen LogP contribution is -2.22. The smallest absolute Gasteiger partial charge is 0.323 e. The van der Waals surface area contributed by atoms with Crippen LogP contribution in [0.5, 0.6) is 0 Å². The molecule has 0 unspecified atom stereocenters. The van der Waals surface area contributed by atoms with Gasteiger partial charge in [0.2, 0.25) is 5.91 Å². The van der Waals surface area contributed by atoms with E-state index in [1.165, 1.54) is 23.1 Å². The molecule has 136 valence electrons. The standard InChI is InChI=1S/C19H16N4O2S2/c1-11(27-19-23-16(10-26-19)12-5-3-2-4-6-12)17(24)20-13-7-8-14-15(9-13)22-18(25)21-14/h2-11H,1H3,(H,20,24)(H2,21,22,25)/t11-/m1/s1. The molecule has 8 heteroatoms. The number of fused-ring (bicyclic) bond motifs is 1. The van der Waals surface area contributed by atoms with Crippen LogP contribution in [0.25, 0.3) is 22.3 Å². The molecule has 0 radical (unpaired) electrons. The Bertz CT molecular complexity index is 1150. The van der Waals surface area contributed by atoms with E-state index in [4.69, 9.17) is 0 Å². The predicted molar refractivity (Wildman–Crippen MR) is 110 cm³/mol. The number of aromatic amines is 2. The molecular formula is C19H16N4O2S2. The van der Waals surface area contributed by atoms with E-state index in [-0.39, 0.29) is 16.8 Å². The number of rotatable bonds is 5. The Kier molecular flexibility index (Phi) is 4.83. The van der Waals surface area contributed by atoms with E-state index in [0.29, 0.717) is 16.7 Å². The maximum absolute atomic E-state index is 12.5. The number of aromatic nitrogens is 3. The van der Waals surface area contributed by atoms with Crippen molar-refractivity contribution in [3.63, 3.8) is 0 Å². The largest absolute Gasteiger partial charge is 0.325 e. The molecule has 2 aromatic heterocycles. The van der Waals surface area contributed by atoms with Crippen molar-refractivity contribution in [2.24, 2.45) is 0 Å². The number of nitrogens with one attached hydrogen (secondary N) is 3. The van der Waals surface area contributed by atoms with Crippen LogP contribution >= 0.6 is 23.1 Å². The molecule has 0 aliphatic carbocycles. The van der Waals surface area contributed by atoms with Crippen molar-refractivity contribution in [2.45, 2.75) is 16.5 Å². The fourth-order valence-electron chi connectivity index (χ4n) is 2.61. The average molecular weight is 396 g/mol. The highest BCUT2D eigenvalue weighted by molar-refractivity contribution is 8.02. The molecular weight excluding hydrogens is 380 g/mol. The quantitative estimate of drug-likeness (QED) is 0.443. The monoisotopic (exact) mass is 396 g/mol. The molecule has 2 aromatic carbocycles. The van der Waals surface area contributed by atoms with E-state index in [9.17, 15) is 9.59 Å². The summed E-state index contributed by atoms with van der Waals surface area (Å²) in [6.07, 6.45) is 0. The molecule has 1 atom stereocenters. The van der Waals surface area contributed by atoms with Crippen LogP contribution in [0.15, 0.2) is 63.0 Å². The second-order valence-corrected chi connectivity index (χ2v) is 8.40. The Hall–Kier alpha value is -2.84. The van der Waals surface area contributed by atoms with Crippen LogP contribution in [-0.4, -0.2) is 26.1 Å². The van der Waals surface area contributed by atoms with Gasteiger partial charge in [-0.05, 0) is 25.1 Å². The van der Waals surface area contributed by atoms with Gasteiger partial charge in [0.1, 0.15) is 0 Å². The van der Waals surface area contributed by atoms with Crippen LogP contribution in [0, 0.1) is 0 Å². The second-order valence-electron chi connectivity index (χ2n) is 5.95. The summed E-state index contributed by atoms with van der Waals surface area (Å²) >= 11 is 2.95. The van der Waals surface area contributed by atoms with Crippen LogP contribution in [0.1, 0.15) is 6.92 Å². The lowest BCUT2D eigenvalue weighted by molar-refractivity contribution is -0.115. The number of hydrogen-bond donors (Lipinski definition) is 3. The number of benzene rings is 2. The average Bonchev–Trinajstić information content (AvgIpc) is 3.27. The first-order valence-corrected chi connectivity index (χ1v) is 10.0. The number of imidazole rings is 1. The van der Waals surface area contributed by atoms with Crippen molar-refractivity contribution in [3.05, 3.63) is 64.4 Å². The second kappa shape index (κ2) is 7.42. The summed E-state index contributed by atoms with van der Waals surface area (Å²) in [6, 6.07) is 15.2. The number of nitrogens with zero attached hydrogens (tertiary/aromatic N) is 1. The van der Waals surface area contributed by atoms with Crippen LogP contribution in [0.2, 0.25) is 0 Å². The first-order chi connectivity index (χ1) is 13.1.